The highest BCUT2D eigenvalue weighted by Gasteiger charge is 2.54. The molecule has 45 heavy (non-hydrogen) atoms. The fraction of sp³-hybridized carbons (Fsp3) is 0.600. The fourth-order valence-corrected chi connectivity index (χ4v) is 10.2. The number of hydrogen-bond donors (Lipinski definition) is 0. The Hall–Kier alpha value is -2.34. The molecule has 2 fully saturated rings. The highest BCUT2D eigenvalue weighted by atomic mass is 14.6. The van der Waals surface area contributed by atoms with Crippen LogP contribution < -0.4 is 0 Å². The SMILES string of the molecule is C=CCCC(CC1C2C=C(C(C)(C)C)C=CC2C2C=CC(C(C)(C)C)=CC21)C1C2C=C(C)C=CC2C2C=CC(C(C)(C)C)=CC21. The van der Waals surface area contributed by atoms with Gasteiger partial charge in [-0.05, 0) is 124 Å². The molecule has 0 radical (unpaired) electrons. The van der Waals surface area contributed by atoms with Crippen LogP contribution in [0, 0.1) is 81.3 Å². The lowest BCUT2D eigenvalue weighted by Gasteiger charge is -2.38. The summed E-state index contributed by atoms with van der Waals surface area (Å²) in [6.07, 6.45) is 37.0. The van der Waals surface area contributed by atoms with Crippen molar-refractivity contribution < 1.29 is 0 Å². The van der Waals surface area contributed by atoms with Crippen LogP contribution in [0.4, 0.5) is 0 Å². The molecule has 0 spiro atoms. The molecule has 6 aliphatic rings. The second-order valence-electron chi connectivity index (χ2n) is 18.7. The Balaban J connectivity index is 1.43. The predicted octanol–water partition coefficient (Wildman–Crippen LogP) is 12.3. The third-order valence-electron chi connectivity index (χ3n) is 12.6. The van der Waals surface area contributed by atoms with Gasteiger partial charge in [0.05, 0.1) is 0 Å². The van der Waals surface area contributed by atoms with Crippen molar-refractivity contribution in [3.8, 4) is 0 Å². The minimum Gasteiger partial charge on any atom is -0.103 e. The topological polar surface area (TPSA) is 0 Å². The number of hydrogen-bond acceptors (Lipinski definition) is 0. The normalized spacial score (nSPS) is 37.6. The summed E-state index contributed by atoms with van der Waals surface area (Å²) in [6.45, 7) is 28.1. The summed E-state index contributed by atoms with van der Waals surface area (Å²) < 4.78 is 0. The van der Waals surface area contributed by atoms with Crippen LogP contribution in [0.2, 0.25) is 0 Å². The average molecular weight is 603 g/mol. The molecule has 0 aliphatic heterocycles. The van der Waals surface area contributed by atoms with Crippen molar-refractivity contribution in [1.82, 2.24) is 0 Å². The maximum Gasteiger partial charge on any atom is -0.00953 e. The monoisotopic (exact) mass is 602 g/mol. The van der Waals surface area contributed by atoms with E-state index >= 15 is 0 Å². The Morgan fingerprint density at radius 2 is 0.978 bits per heavy atom. The molecule has 0 aromatic heterocycles. The molecule has 10 unspecified atom stereocenters. The van der Waals surface area contributed by atoms with Gasteiger partial charge in [0.25, 0.3) is 0 Å². The first-order valence-corrected chi connectivity index (χ1v) is 18.3. The lowest BCUT2D eigenvalue weighted by molar-refractivity contribution is 0.168. The van der Waals surface area contributed by atoms with E-state index < -0.39 is 0 Å². The van der Waals surface area contributed by atoms with Crippen molar-refractivity contribution in [2.45, 2.75) is 88.5 Å². The molecule has 10 atom stereocenters. The first kappa shape index (κ1) is 32.6. The van der Waals surface area contributed by atoms with Crippen molar-refractivity contribution in [2.75, 3.05) is 0 Å². The van der Waals surface area contributed by atoms with Crippen molar-refractivity contribution in [2.24, 2.45) is 81.3 Å². The van der Waals surface area contributed by atoms with E-state index in [1.165, 1.54) is 35.1 Å². The van der Waals surface area contributed by atoms with E-state index in [0.29, 0.717) is 65.1 Å². The van der Waals surface area contributed by atoms with Gasteiger partial charge in [0.2, 0.25) is 0 Å². The van der Waals surface area contributed by atoms with E-state index in [1.807, 2.05) is 0 Å². The highest BCUT2D eigenvalue weighted by Crippen LogP contribution is 2.61. The molecule has 0 N–H and O–H groups in total. The molecule has 0 heteroatoms. The third kappa shape index (κ3) is 6.10. The molecule has 0 aromatic carbocycles. The standard InChI is InChI=1S/C45H62/c1-12-13-14-29(42-40-23-28(2)15-19-35(40)36-22-18-32(27-41(36)42)45(9,10)11)24-37-38-25-30(43(3,4)5)16-20-33(38)34-21-17-31(26-39(34)37)44(6,7)8/h12,15-23,25-27,29,33-42H,1,13-14,24H2,2-11H3. The largest absolute Gasteiger partial charge is 0.103 e. The lowest BCUT2D eigenvalue weighted by Crippen LogP contribution is -2.31. The molecule has 0 amide bonds. The van der Waals surface area contributed by atoms with Gasteiger partial charge in [0.1, 0.15) is 0 Å². The maximum absolute atomic E-state index is 4.23. The summed E-state index contributed by atoms with van der Waals surface area (Å²) >= 11 is 0. The molecule has 0 bridgehead atoms. The van der Waals surface area contributed by atoms with Gasteiger partial charge in [-0.2, -0.15) is 0 Å². The smallest absolute Gasteiger partial charge is 0.00953 e. The van der Waals surface area contributed by atoms with Gasteiger partial charge >= 0.3 is 0 Å². The van der Waals surface area contributed by atoms with Crippen LogP contribution in [0.3, 0.4) is 0 Å². The Labute approximate surface area is 277 Å². The number of rotatable bonds is 6. The first-order chi connectivity index (χ1) is 21.1. The van der Waals surface area contributed by atoms with Crippen molar-refractivity contribution >= 4 is 0 Å². The molecular weight excluding hydrogens is 540 g/mol. The average Bonchev–Trinajstić information content (AvgIpc) is 3.44. The Bertz CT molecular complexity index is 1350. The fourth-order valence-electron chi connectivity index (χ4n) is 10.2. The van der Waals surface area contributed by atoms with Crippen LogP contribution in [0.15, 0.2) is 108 Å². The zero-order chi connectivity index (χ0) is 32.5. The summed E-state index contributed by atoms with van der Waals surface area (Å²) in [4.78, 5) is 0. The van der Waals surface area contributed by atoms with Gasteiger partial charge < -0.3 is 0 Å². The van der Waals surface area contributed by atoms with Gasteiger partial charge in [0, 0.05) is 0 Å². The first-order valence-electron chi connectivity index (χ1n) is 18.3. The molecule has 242 valence electrons. The minimum atomic E-state index is 0.176. The minimum absolute atomic E-state index is 0.176. The van der Waals surface area contributed by atoms with Crippen LogP contribution >= 0.6 is 0 Å². The predicted molar refractivity (Wildman–Crippen MR) is 195 cm³/mol. The van der Waals surface area contributed by atoms with E-state index in [0.717, 1.165) is 6.42 Å². The second-order valence-corrected chi connectivity index (χ2v) is 18.7. The summed E-state index contributed by atoms with van der Waals surface area (Å²) in [6, 6.07) is 0. The Morgan fingerprint density at radius 1 is 0.578 bits per heavy atom. The quantitative estimate of drug-likeness (QED) is 0.265. The maximum atomic E-state index is 4.23. The Morgan fingerprint density at radius 3 is 1.42 bits per heavy atom. The number of fused-ring (bicyclic) bond motifs is 6. The van der Waals surface area contributed by atoms with E-state index in [2.05, 4.69) is 155 Å². The molecule has 2 saturated carbocycles. The molecule has 0 heterocycles. The van der Waals surface area contributed by atoms with Crippen LogP contribution in [0.25, 0.3) is 0 Å². The van der Waals surface area contributed by atoms with Gasteiger partial charge in [-0.1, -0.05) is 147 Å². The second kappa shape index (κ2) is 11.7. The zero-order valence-electron chi connectivity index (χ0n) is 30.2. The van der Waals surface area contributed by atoms with Gasteiger partial charge in [-0.3, -0.25) is 0 Å². The van der Waals surface area contributed by atoms with Gasteiger partial charge in [-0.15, -0.1) is 6.58 Å². The number of allylic oxidation sites excluding steroid dienone is 17. The van der Waals surface area contributed by atoms with Crippen LogP contribution in [-0.2, 0) is 0 Å². The van der Waals surface area contributed by atoms with Crippen molar-refractivity contribution in [3.63, 3.8) is 0 Å². The van der Waals surface area contributed by atoms with Crippen LogP contribution in [0.5, 0.6) is 0 Å². The van der Waals surface area contributed by atoms with Crippen LogP contribution in [-0.4, -0.2) is 0 Å². The van der Waals surface area contributed by atoms with Gasteiger partial charge in [-0.25, -0.2) is 0 Å². The van der Waals surface area contributed by atoms with Crippen LogP contribution in [0.1, 0.15) is 88.5 Å². The van der Waals surface area contributed by atoms with Gasteiger partial charge in [0.15, 0.2) is 0 Å². The molecular formula is C45H62. The van der Waals surface area contributed by atoms with E-state index in [1.54, 1.807) is 0 Å². The van der Waals surface area contributed by atoms with Crippen molar-refractivity contribution in [1.29, 1.82) is 0 Å². The Kier molecular flexibility index (Phi) is 8.49. The zero-order valence-corrected chi connectivity index (χ0v) is 30.2. The highest BCUT2D eigenvalue weighted by molar-refractivity contribution is 5.40. The molecule has 0 saturated heterocycles. The summed E-state index contributed by atoms with van der Waals surface area (Å²) in [7, 11) is 0. The summed E-state index contributed by atoms with van der Waals surface area (Å²) in [5.41, 5.74) is 6.58. The summed E-state index contributed by atoms with van der Waals surface area (Å²) in [5, 5.41) is 0. The molecule has 6 aliphatic carbocycles. The molecule has 0 aromatic rings. The van der Waals surface area contributed by atoms with E-state index in [-0.39, 0.29) is 16.2 Å². The molecule has 0 nitrogen and oxygen atoms in total. The van der Waals surface area contributed by atoms with E-state index in [9.17, 15) is 0 Å². The van der Waals surface area contributed by atoms with E-state index in [4.69, 9.17) is 0 Å². The third-order valence-corrected chi connectivity index (χ3v) is 12.6. The summed E-state index contributed by atoms with van der Waals surface area (Å²) in [5.74, 6) is 6.86. The lowest BCUT2D eigenvalue weighted by atomic mass is 9.66. The molecule has 6 rings (SSSR count). The van der Waals surface area contributed by atoms with Crippen molar-refractivity contribution in [3.05, 3.63) is 108 Å².